The number of hydrogen-bond donors (Lipinski definition) is 2. The minimum Gasteiger partial charge on any atom is -0.375 e. The van der Waals surface area contributed by atoms with Gasteiger partial charge in [0.2, 0.25) is 0 Å². The Balaban J connectivity index is 1.66. The number of hydrazine groups is 1. The number of nitrogens with one attached hydrogen (secondary N) is 1. The van der Waals surface area contributed by atoms with Gasteiger partial charge in [0.25, 0.3) is 0 Å². The minimum atomic E-state index is 0.479. The molecule has 0 aliphatic carbocycles. The van der Waals surface area contributed by atoms with Gasteiger partial charge in [-0.3, -0.25) is 11.3 Å². The first kappa shape index (κ1) is 13.3. The summed E-state index contributed by atoms with van der Waals surface area (Å²) in [6.07, 6.45) is 12.7. The number of ether oxygens (including phenoxy) is 1. The van der Waals surface area contributed by atoms with E-state index >= 15 is 0 Å². The zero-order chi connectivity index (χ0) is 12.1. The summed E-state index contributed by atoms with van der Waals surface area (Å²) in [6, 6.07) is 0.479. The monoisotopic (exact) mass is 240 g/mol. The van der Waals surface area contributed by atoms with Gasteiger partial charge in [-0.05, 0) is 25.7 Å². The van der Waals surface area contributed by atoms with Crippen molar-refractivity contribution in [1.82, 2.24) is 5.43 Å². The molecule has 0 aromatic heterocycles. The topological polar surface area (TPSA) is 47.3 Å². The van der Waals surface area contributed by atoms with Crippen LogP contribution in [0.4, 0.5) is 0 Å². The number of rotatable bonds is 8. The lowest BCUT2D eigenvalue weighted by Crippen LogP contribution is -2.44. The predicted molar refractivity (Wildman–Crippen MR) is 70.5 cm³/mol. The molecule has 3 heteroatoms. The standard InChI is InChI=1S/C14H28N2O/c1-2-3-4-5-6-7-13(16-15)12-10-11-8-9-14(12)17-11/h11-14,16H,2-10,15H2,1H3. The summed E-state index contributed by atoms with van der Waals surface area (Å²) in [7, 11) is 0. The Bertz CT molecular complexity index is 222. The van der Waals surface area contributed by atoms with Gasteiger partial charge in [-0.2, -0.15) is 0 Å². The lowest BCUT2D eigenvalue weighted by Gasteiger charge is -2.27. The van der Waals surface area contributed by atoms with E-state index in [1.807, 2.05) is 0 Å². The van der Waals surface area contributed by atoms with Crippen molar-refractivity contribution in [2.75, 3.05) is 0 Å². The second-order valence-corrected chi connectivity index (χ2v) is 5.75. The fraction of sp³-hybridized carbons (Fsp3) is 1.00. The van der Waals surface area contributed by atoms with E-state index in [0.717, 1.165) is 0 Å². The molecule has 0 aromatic rings. The molecule has 4 unspecified atom stereocenters. The summed E-state index contributed by atoms with van der Waals surface area (Å²) in [5, 5.41) is 0. The molecular weight excluding hydrogens is 212 g/mol. The van der Waals surface area contributed by atoms with E-state index in [1.54, 1.807) is 0 Å². The lowest BCUT2D eigenvalue weighted by molar-refractivity contribution is 0.0847. The molecule has 2 heterocycles. The maximum Gasteiger partial charge on any atom is 0.0624 e. The molecule has 100 valence electrons. The first-order valence-corrected chi connectivity index (χ1v) is 7.46. The van der Waals surface area contributed by atoms with Gasteiger partial charge in [0.05, 0.1) is 12.2 Å². The fourth-order valence-electron chi connectivity index (χ4n) is 3.49. The van der Waals surface area contributed by atoms with Crippen molar-refractivity contribution in [1.29, 1.82) is 0 Å². The summed E-state index contributed by atoms with van der Waals surface area (Å²) in [5.41, 5.74) is 3.04. The molecule has 2 rings (SSSR count). The van der Waals surface area contributed by atoms with Gasteiger partial charge in [0.1, 0.15) is 0 Å². The molecule has 17 heavy (non-hydrogen) atoms. The molecule has 0 aromatic carbocycles. The summed E-state index contributed by atoms with van der Waals surface area (Å²) in [6.45, 7) is 2.26. The first-order chi connectivity index (χ1) is 8.35. The summed E-state index contributed by atoms with van der Waals surface area (Å²) >= 11 is 0. The van der Waals surface area contributed by atoms with E-state index in [0.29, 0.717) is 24.2 Å². The van der Waals surface area contributed by atoms with Crippen molar-refractivity contribution in [3.63, 3.8) is 0 Å². The van der Waals surface area contributed by atoms with Crippen molar-refractivity contribution in [2.45, 2.75) is 83.0 Å². The van der Waals surface area contributed by atoms with Gasteiger partial charge in [-0.1, -0.05) is 39.0 Å². The molecule has 0 spiro atoms. The summed E-state index contributed by atoms with van der Waals surface area (Å²) in [5.74, 6) is 6.39. The van der Waals surface area contributed by atoms with Crippen LogP contribution in [0, 0.1) is 5.92 Å². The van der Waals surface area contributed by atoms with Gasteiger partial charge in [-0.15, -0.1) is 0 Å². The van der Waals surface area contributed by atoms with Crippen molar-refractivity contribution >= 4 is 0 Å². The number of hydrogen-bond acceptors (Lipinski definition) is 3. The zero-order valence-corrected chi connectivity index (χ0v) is 11.2. The molecule has 3 nitrogen and oxygen atoms in total. The Morgan fingerprint density at radius 3 is 2.65 bits per heavy atom. The highest BCUT2D eigenvalue weighted by Gasteiger charge is 2.43. The summed E-state index contributed by atoms with van der Waals surface area (Å²) < 4.78 is 5.92. The fourth-order valence-corrected chi connectivity index (χ4v) is 3.49. The molecule has 2 saturated heterocycles. The van der Waals surface area contributed by atoms with Gasteiger partial charge < -0.3 is 4.74 Å². The van der Waals surface area contributed by atoms with E-state index in [2.05, 4.69) is 12.3 Å². The molecule has 3 N–H and O–H groups in total. The highest BCUT2D eigenvalue weighted by atomic mass is 16.5. The molecule has 2 aliphatic heterocycles. The second kappa shape index (κ2) is 6.72. The normalized spacial score (nSPS) is 33.2. The van der Waals surface area contributed by atoms with Gasteiger partial charge >= 0.3 is 0 Å². The maximum atomic E-state index is 5.92. The van der Waals surface area contributed by atoms with Crippen molar-refractivity contribution in [2.24, 2.45) is 11.8 Å². The number of unbranched alkanes of at least 4 members (excludes halogenated alkanes) is 4. The molecule has 4 atom stereocenters. The molecule has 0 amide bonds. The Labute approximate surface area is 105 Å². The third kappa shape index (κ3) is 3.43. The van der Waals surface area contributed by atoms with Crippen LogP contribution in [0.1, 0.15) is 64.7 Å². The van der Waals surface area contributed by atoms with Crippen LogP contribution in [0.15, 0.2) is 0 Å². The number of nitrogens with two attached hydrogens (primary N) is 1. The van der Waals surface area contributed by atoms with E-state index in [1.165, 1.54) is 57.8 Å². The van der Waals surface area contributed by atoms with Crippen LogP contribution in [-0.4, -0.2) is 18.2 Å². The highest BCUT2D eigenvalue weighted by molar-refractivity contribution is 4.94. The zero-order valence-electron chi connectivity index (χ0n) is 11.2. The average molecular weight is 240 g/mol. The quantitative estimate of drug-likeness (QED) is 0.389. The predicted octanol–water partition coefficient (Wildman–Crippen LogP) is 2.75. The van der Waals surface area contributed by atoms with E-state index in [9.17, 15) is 0 Å². The third-order valence-corrected chi connectivity index (χ3v) is 4.50. The van der Waals surface area contributed by atoms with Crippen LogP contribution in [0.2, 0.25) is 0 Å². The van der Waals surface area contributed by atoms with Gasteiger partial charge in [0.15, 0.2) is 0 Å². The van der Waals surface area contributed by atoms with Crippen molar-refractivity contribution in [3.8, 4) is 0 Å². The number of fused-ring (bicyclic) bond motifs is 2. The molecule has 2 aliphatic rings. The van der Waals surface area contributed by atoms with Gasteiger partial charge in [-0.25, -0.2) is 0 Å². The van der Waals surface area contributed by atoms with Crippen LogP contribution in [0.3, 0.4) is 0 Å². The molecule has 2 bridgehead atoms. The van der Waals surface area contributed by atoms with E-state index in [4.69, 9.17) is 10.6 Å². The van der Waals surface area contributed by atoms with Crippen LogP contribution in [-0.2, 0) is 4.74 Å². The van der Waals surface area contributed by atoms with Crippen LogP contribution in [0.25, 0.3) is 0 Å². The summed E-state index contributed by atoms with van der Waals surface area (Å²) in [4.78, 5) is 0. The van der Waals surface area contributed by atoms with Crippen molar-refractivity contribution in [3.05, 3.63) is 0 Å². The van der Waals surface area contributed by atoms with Crippen molar-refractivity contribution < 1.29 is 4.74 Å². The van der Waals surface area contributed by atoms with Gasteiger partial charge in [0, 0.05) is 12.0 Å². The van der Waals surface area contributed by atoms with E-state index in [-0.39, 0.29) is 0 Å². The van der Waals surface area contributed by atoms with Crippen LogP contribution >= 0.6 is 0 Å². The Morgan fingerprint density at radius 2 is 2.06 bits per heavy atom. The second-order valence-electron chi connectivity index (χ2n) is 5.75. The average Bonchev–Trinajstić information content (AvgIpc) is 2.96. The largest absolute Gasteiger partial charge is 0.375 e. The molecular formula is C14H28N2O. The Kier molecular flexibility index (Phi) is 5.26. The van der Waals surface area contributed by atoms with Crippen LogP contribution < -0.4 is 11.3 Å². The SMILES string of the molecule is CCCCCCCC(NN)C1CC2CCC1O2. The molecule has 2 fully saturated rings. The Hall–Kier alpha value is -0.120. The maximum absolute atomic E-state index is 5.92. The smallest absolute Gasteiger partial charge is 0.0624 e. The van der Waals surface area contributed by atoms with Crippen LogP contribution in [0.5, 0.6) is 0 Å². The highest BCUT2D eigenvalue weighted by Crippen LogP contribution is 2.41. The van der Waals surface area contributed by atoms with E-state index < -0.39 is 0 Å². The molecule has 0 saturated carbocycles. The first-order valence-electron chi connectivity index (χ1n) is 7.46. The third-order valence-electron chi connectivity index (χ3n) is 4.50. The Morgan fingerprint density at radius 1 is 1.24 bits per heavy atom. The molecule has 0 radical (unpaired) electrons. The minimum absolute atomic E-state index is 0.479. The lowest BCUT2D eigenvalue weighted by atomic mass is 9.82.